The molecule has 3 aliphatic heterocycles. The summed E-state index contributed by atoms with van der Waals surface area (Å²) in [6, 6.07) is 5.29. The lowest BCUT2D eigenvalue weighted by Crippen LogP contribution is -2.70. The van der Waals surface area contributed by atoms with Crippen LogP contribution in [0.5, 0.6) is 5.75 Å². The van der Waals surface area contributed by atoms with Gasteiger partial charge in [0.15, 0.2) is 0 Å². The average molecular weight is 295 g/mol. The molecule has 0 radical (unpaired) electrons. The van der Waals surface area contributed by atoms with E-state index in [0.717, 1.165) is 0 Å². The molecule has 6 nitrogen and oxygen atoms in total. The molecule has 21 heavy (non-hydrogen) atoms. The Balaban J connectivity index is 1.87. The van der Waals surface area contributed by atoms with Crippen molar-refractivity contribution in [3.8, 4) is 5.75 Å². The van der Waals surface area contributed by atoms with E-state index >= 15 is 0 Å². The van der Waals surface area contributed by atoms with Crippen LogP contribution in [0.2, 0.25) is 0 Å². The van der Waals surface area contributed by atoms with E-state index in [1.54, 1.807) is 19.1 Å². The zero-order valence-electron chi connectivity index (χ0n) is 12.2. The lowest BCUT2D eigenvalue weighted by Gasteiger charge is -2.54. The first-order valence-corrected chi connectivity index (χ1v) is 6.97. The second-order valence-corrected chi connectivity index (χ2v) is 6.45. The highest BCUT2D eigenvalue weighted by atomic mass is 16.9. The van der Waals surface area contributed by atoms with Crippen molar-refractivity contribution in [1.82, 2.24) is 0 Å². The summed E-state index contributed by atoms with van der Waals surface area (Å²) in [5.41, 5.74) is 5.18. The van der Waals surface area contributed by atoms with Gasteiger partial charge >= 0.3 is 5.97 Å². The molecule has 0 aromatic heterocycles. The third-order valence-corrected chi connectivity index (χ3v) is 4.30. The van der Waals surface area contributed by atoms with E-state index in [1.165, 1.54) is 12.1 Å². The van der Waals surface area contributed by atoms with Crippen LogP contribution in [0.1, 0.15) is 19.4 Å². The number of nitrogens with two attached hydrogens (primary N) is 1. The topological polar surface area (TPSA) is 94.2 Å². The normalized spacial score (nSPS) is 36.2. The number of ether oxygens (including phenoxy) is 3. The second-order valence-electron chi connectivity index (χ2n) is 6.45. The highest BCUT2D eigenvalue weighted by molar-refractivity contribution is 5.31. The number of hydrogen-bond donors (Lipinski definition) is 3. The Kier molecular flexibility index (Phi) is 3.27. The molecule has 4 rings (SSSR count). The Morgan fingerprint density at radius 1 is 1.14 bits per heavy atom. The molecule has 0 amide bonds. The van der Waals surface area contributed by atoms with E-state index in [4.69, 9.17) is 19.9 Å². The minimum Gasteiger partial charge on any atom is -0.508 e. The van der Waals surface area contributed by atoms with Crippen molar-refractivity contribution in [3.05, 3.63) is 29.8 Å². The van der Waals surface area contributed by atoms with E-state index in [9.17, 15) is 10.2 Å². The lowest BCUT2D eigenvalue weighted by molar-refractivity contribution is -0.480. The average Bonchev–Trinajstić information content (AvgIpc) is 2.48. The molecule has 0 aliphatic carbocycles. The predicted molar refractivity (Wildman–Crippen MR) is 74.3 cm³/mol. The zero-order chi connectivity index (χ0) is 15.3. The van der Waals surface area contributed by atoms with Gasteiger partial charge in [-0.2, -0.15) is 0 Å². The summed E-state index contributed by atoms with van der Waals surface area (Å²) in [5.74, 6) is -1.31. The van der Waals surface area contributed by atoms with Crippen molar-refractivity contribution >= 4 is 0 Å². The van der Waals surface area contributed by atoms with Crippen LogP contribution in [-0.2, 0) is 19.8 Å². The van der Waals surface area contributed by atoms with E-state index in [-0.39, 0.29) is 11.2 Å². The number of rotatable bonds is 3. The monoisotopic (exact) mass is 295 g/mol. The molecule has 3 aliphatic rings. The number of aliphatic hydroxyl groups is 1. The molecule has 3 heterocycles. The van der Waals surface area contributed by atoms with Crippen LogP contribution in [0.15, 0.2) is 24.3 Å². The third kappa shape index (κ3) is 2.33. The maximum absolute atomic E-state index is 10.8. The smallest absolute Gasteiger partial charge is 0.302 e. The number of hydrogen-bond acceptors (Lipinski definition) is 6. The fourth-order valence-electron chi connectivity index (χ4n) is 2.67. The van der Waals surface area contributed by atoms with Crippen LogP contribution in [0.3, 0.4) is 0 Å². The van der Waals surface area contributed by atoms with E-state index in [2.05, 4.69) is 0 Å². The Labute approximate surface area is 123 Å². The van der Waals surface area contributed by atoms with Crippen LogP contribution < -0.4 is 5.73 Å². The first-order chi connectivity index (χ1) is 9.78. The molecular weight excluding hydrogens is 274 g/mol. The Morgan fingerprint density at radius 3 is 2.10 bits per heavy atom. The molecule has 0 saturated carbocycles. The predicted octanol–water partition coefficient (Wildman–Crippen LogP) is 0.664. The first kappa shape index (κ1) is 14.7. The van der Waals surface area contributed by atoms with Gasteiger partial charge < -0.3 is 30.2 Å². The highest BCUT2D eigenvalue weighted by Crippen LogP contribution is 2.43. The minimum absolute atomic E-state index is 0.121. The van der Waals surface area contributed by atoms with Crippen molar-refractivity contribution in [3.63, 3.8) is 0 Å². The molecule has 1 aromatic carbocycles. The van der Waals surface area contributed by atoms with Crippen molar-refractivity contribution in [2.75, 3.05) is 19.8 Å². The van der Waals surface area contributed by atoms with Gasteiger partial charge in [-0.3, -0.25) is 0 Å². The van der Waals surface area contributed by atoms with Crippen LogP contribution in [-0.4, -0.2) is 42.0 Å². The summed E-state index contributed by atoms with van der Waals surface area (Å²) in [5, 5.41) is 20.2. The molecule has 6 heteroatoms. The van der Waals surface area contributed by atoms with Gasteiger partial charge in [-0.05, 0) is 24.6 Å². The molecule has 116 valence electrons. The van der Waals surface area contributed by atoms with Gasteiger partial charge in [0, 0.05) is 5.41 Å². The minimum atomic E-state index is -1.43. The number of aromatic hydroxyl groups is 1. The molecule has 0 spiro atoms. The van der Waals surface area contributed by atoms with Gasteiger partial charge in [0.05, 0.1) is 19.8 Å². The quantitative estimate of drug-likeness (QED) is 0.758. The summed E-state index contributed by atoms with van der Waals surface area (Å²) in [6.07, 6.45) is 0. The third-order valence-electron chi connectivity index (χ3n) is 4.30. The van der Waals surface area contributed by atoms with Gasteiger partial charge in [-0.15, -0.1) is 0 Å². The molecule has 0 unspecified atom stereocenters. The van der Waals surface area contributed by atoms with Crippen LogP contribution in [0.4, 0.5) is 0 Å². The summed E-state index contributed by atoms with van der Waals surface area (Å²) >= 11 is 0. The van der Waals surface area contributed by atoms with Crippen molar-refractivity contribution in [2.45, 2.75) is 31.5 Å². The summed E-state index contributed by atoms with van der Waals surface area (Å²) in [7, 11) is 0. The van der Waals surface area contributed by atoms with Gasteiger partial charge in [0.1, 0.15) is 17.4 Å². The molecule has 4 N–H and O–H groups in total. The largest absolute Gasteiger partial charge is 0.508 e. The number of benzene rings is 1. The van der Waals surface area contributed by atoms with Gasteiger partial charge in [0.25, 0.3) is 0 Å². The van der Waals surface area contributed by atoms with E-state index < -0.39 is 17.6 Å². The van der Waals surface area contributed by atoms with Gasteiger partial charge in [0.2, 0.25) is 0 Å². The zero-order valence-corrected chi connectivity index (χ0v) is 12.2. The fraction of sp³-hybridized carbons (Fsp3) is 0.600. The molecule has 3 fully saturated rings. The van der Waals surface area contributed by atoms with Crippen molar-refractivity contribution < 1.29 is 24.4 Å². The van der Waals surface area contributed by atoms with Crippen LogP contribution >= 0.6 is 0 Å². The Hall–Kier alpha value is -1.18. The Morgan fingerprint density at radius 2 is 1.62 bits per heavy atom. The molecular formula is C15H21NO5. The van der Waals surface area contributed by atoms with Gasteiger partial charge in [-0.1, -0.05) is 19.1 Å². The van der Waals surface area contributed by atoms with Crippen molar-refractivity contribution in [2.24, 2.45) is 11.1 Å². The fourth-order valence-corrected chi connectivity index (χ4v) is 2.67. The van der Waals surface area contributed by atoms with Gasteiger partial charge in [-0.25, -0.2) is 0 Å². The van der Waals surface area contributed by atoms with E-state index in [0.29, 0.717) is 25.4 Å². The number of fused-ring (bicyclic) bond motifs is 3. The lowest BCUT2D eigenvalue weighted by atomic mass is 9.84. The second kappa shape index (κ2) is 4.66. The van der Waals surface area contributed by atoms with Crippen LogP contribution in [0, 0.1) is 5.41 Å². The maximum atomic E-state index is 10.8. The Bertz CT molecular complexity index is 503. The standard InChI is InChI=1S/C15H21NO5/c1-13-7-19-15(20-8-13,21-9-13)12(16)14(2,18)10-3-5-11(17)6-4-10/h3-6,12,17-18H,7-9,16H2,1-2H3/t12-,13?,14+,15?/m0/s1. The molecule has 1 aromatic rings. The number of phenols is 1. The summed E-state index contributed by atoms with van der Waals surface area (Å²) in [4.78, 5) is 0. The van der Waals surface area contributed by atoms with Crippen LogP contribution in [0.25, 0.3) is 0 Å². The molecule has 3 saturated heterocycles. The molecule has 2 bridgehead atoms. The first-order valence-electron chi connectivity index (χ1n) is 6.97. The van der Waals surface area contributed by atoms with E-state index in [1.807, 2.05) is 6.92 Å². The van der Waals surface area contributed by atoms with Crippen molar-refractivity contribution in [1.29, 1.82) is 0 Å². The summed E-state index contributed by atoms with van der Waals surface area (Å²) in [6.45, 7) is 5.03. The molecule has 2 atom stereocenters. The highest BCUT2D eigenvalue weighted by Gasteiger charge is 2.58. The maximum Gasteiger partial charge on any atom is 0.302 e. The number of phenolic OH excluding ortho intramolecular Hbond substituents is 1. The summed E-state index contributed by atoms with van der Waals surface area (Å²) < 4.78 is 17.0. The SMILES string of the molecule is CC12COC([C@@H](N)[C@](C)(O)c3ccc(O)cc3)(OC1)OC2.